The minimum Gasteiger partial charge on any atom is -0.321 e. The van der Waals surface area contributed by atoms with Gasteiger partial charge in [0.25, 0.3) is 5.56 Å². The molecule has 1 atom stereocenters. The summed E-state index contributed by atoms with van der Waals surface area (Å²) >= 11 is 0. The molecule has 1 N–H and O–H groups in total. The van der Waals surface area contributed by atoms with Crippen molar-refractivity contribution in [1.29, 1.82) is 0 Å². The van der Waals surface area contributed by atoms with Crippen LogP contribution in [0.2, 0.25) is 0 Å². The molecule has 0 aliphatic carbocycles. The van der Waals surface area contributed by atoms with E-state index in [1.165, 1.54) is 5.56 Å². The Bertz CT molecular complexity index is 1050. The number of rotatable bonds is 4. The van der Waals surface area contributed by atoms with Gasteiger partial charge in [-0.3, -0.25) is 9.48 Å². The Labute approximate surface area is 170 Å². The number of urea groups is 1. The number of benzene rings is 2. The van der Waals surface area contributed by atoms with Crippen LogP contribution in [0.3, 0.4) is 0 Å². The highest BCUT2D eigenvalue weighted by Gasteiger charge is 2.30. The Morgan fingerprint density at radius 1 is 1.07 bits per heavy atom. The lowest BCUT2D eigenvalue weighted by atomic mass is 10.0. The fourth-order valence-electron chi connectivity index (χ4n) is 4.09. The third-order valence-corrected chi connectivity index (χ3v) is 5.74. The number of carbonyl (C=O) groups is 1. The third-order valence-electron chi connectivity index (χ3n) is 5.74. The van der Waals surface area contributed by atoms with Crippen molar-refractivity contribution < 1.29 is 4.79 Å². The number of nitrogens with one attached hydrogen (secondary N) is 1. The number of nitrogens with zero attached hydrogens (tertiary/aromatic N) is 3. The molecule has 3 aromatic rings. The van der Waals surface area contributed by atoms with E-state index in [1.54, 1.807) is 9.36 Å². The molecule has 2 amide bonds. The molecule has 1 aliphatic heterocycles. The monoisotopic (exact) mass is 390 g/mol. The van der Waals surface area contributed by atoms with Crippen molar-refractivity contribution in [1.82, 2.24) is 14.3 Å². The van der Waals surface area contributed by atoms with Crippen LogP contribution in [0.1, 0.15) is 24.1 Å². The highest BCUT2D eigenvalue weighted by Crippen LogP contribution is 2.23. The average Bonchev–Trinajstić information content (AvgIpc) is 3.28. The maximum Gasteiger partial charge on any atom is 0.322 e. The molecule has 1 aliphatic rings. The first-order chi connectivity index (χ1) is 14.1. The van der Waals surface area contributed by atoms with Crippen LogP contribution < -0.4 is 10.9 Å². The summed E-state index contributed by atoms with van der Waals surface area (Å²) in [6, 6.07) is 19.6. The Morgan fingerprint density at radius 2 is 1.72 bits per heavy atom. The number of hydrogen-bond acceptors (Lipinski definition) is 2. The van der Waals surface area contributed by atoms with Gasteiger partial charge in [-0.05, 0) is 43.9 Å². The van der Waals surface area contributed by atoms with E-state index in [9.17, 15) is 9.59 Å². The Morgan fingerprint density at radius 3 is 2.41 bits per heavy atom. The van der Waals surface area contributed by atoms with E-state index in [0.29, 0.717) is 12.2 Å². The normalized spacial score (nSPS) is 16.2. The Hall–Kier alpha value is -3.28. The van der Waals surface area contributed by atoms with Gasteiger partial charge >= 0.3 is 6.03 Å². The van der Waals surface area contributed by atoms with Gasteiger partial charge in [0.2, 0.25) is 0 Å². The number of likely N-dealkylation sites (tertiary alicyclic amines) is 1. The zero-order valence-corrected chi connectivity index (χ0v) is 16.8. The van der Waals surface area contributed by atoms with Gasteiger partial charge in [-0.15, -0.1) is 0 Å². The highest BCUT2D eigenvalue weighted by molar-refractivity contribution is 5.90. The van der Waals surface area contributed by atoms with Gasteiger partial charge in [0, 0.05) is 19.6 Å². The van der Waals surface area contributed by atoms with E-state index in [2.05, 4.69) is 17.4 Å². The molecule has 150 valence electrons. The number of amides is 2. The van der Waals surface area contributed by atoms with E-state index < -0.39 is 0 Å². The van der Waals surface area contributed by atoms with Gasteiger partial charge in [-0.25, -0.2) is 9.48 Å². The van der Waals surface area contributed by atoms with Gasteiger partial charge in [0.1, 0.15) is 5.69 Å². The molecule has 0 bridgehead atoms. The number of anilines is 1. The molecular weight excluding hydrogens is 364 g/mol. The molecule has 2 heterocycles. The molecule has 29 heavy (non-hydrogen) atoms. The fraction of sp³-hybridized carbons (Fsp3) is 0.304. The van der Waals surface area contributed by atoms with Gasteiger partial charge in [0.15, 0.2) is 0 Å². The van der Waals surface area contributed by atoms with E-state index in [-0.39, 0.29) is 17.6 Å². The summed E-state index contributed by atoms with van der Waals surface area (Å²) in [5.74, 6) is 0. The van der Waals surface area contributed by atoms with Gasteiger partial charge in [-0.1, -0.05) is 48.5 Å². The topological polar surface area (TPSA) is 59.3 Å². The predicted molar refractivity (Wildman–Crippen MR) is 115 cm³/mol. The number of para-hydroxylation sites is 1. The van der Waals surface area contributed by atoms with Gasteiger partial charge < -0.3 is 10.2 Å². The summed E-state index contributed by atoms with van der Waals surface area (Å²) in [6.07, 6.45) is 2.79. The Kier molecular flexibility index (Phi) is 5.25. The number of carbonyl (C=O) groups excluding carboxylic acids is 1. The highest BCUT2D eigenvalue weighted by atomic mass is 16.2. The van der Waals surface area contributed by atoms with Crippen LogP contribution in [0.15, 0.2) is 65.5 Å². The summed E-state index contributed by atoms with van der Waals surface area (Å²) in [5.41, 5.74) is 2.84. The van der Waals surface area contributed by atoms with Crippen LogP contribution in [-0.4, -0.2) is 32.9 Å². The van der Waals surface area contributed by atoms with Crippen LogP contribution >= 0.6 is 0 Å². The molecule has 1 unspecified atom stereocenters. The fourth-order valence-corrected chi connectivity index (χ4v) is 4.09. The minimum atomic E-state index is -0.219. The lowest BCUT2D eigenvalue weighted by molar-refractivity contribution is 0.206. The molecular formula is C23H26N4O2. The molecule has 0 radical (unpaired) electrons. The van der Waals surface area contributed by atoms with Crippen LogP contribution in [0.5, 0.6) is 0 Å². The molecule has 1 aromatic heterocycles. The van der Waals surface area contributed by atoms with Gasteiger partial charge in [0.05, 0.1) is 11.4 Å². The molecule has 0 saturated carbocycles. The van der Waals surface area contributed by atoms with Crippen molar-refractivity contribution in [3.05, 3.63) is 82.3 Å². The molecule has 2 aromatic carbocycles. The quantitative estimate of drug-likeness (QED) is 0.738. The predicted octanol–water partition coefficient (Wildman–Crippen LogP) is 3.72. The van der Waals surface area contributed by atoms with Crippen molar-refractivity contribution in [2.24, 2.45) is 7.05 Å². The molecule has 6 nitrogen and oxygen atoms in total. The first kappa shape index (κ1) is 19.1. The first-order valence-electron chi connectivity index (χ1n) is 10.0. The standard InChI is InChI=1S/C23H26N4O2/c1-17-21(22(28)27(25(17)2)19-12-7-4-8-13-19)24-23(29)26-15-9-14-20(26)16-18-10-5-3-6-11-18/h3-8,10-13,20H,9,14-16H2,1-2H3,(H,24,29). The van der Waals surface area contributed by atoms with Crippen molar-refractivity contribution in [3.63, 3.8) is 0 Å². The largest absolute Gasteiger partial charge is 0.322 e. The maximum atomic E-state index is 13.0. The third kappa shape index (κ3) is 3.70. The van der Waals surface area contributed by atoms with E-state index in [4.69, 9.17) is 0 Å². The maximum absolute atomic E-state index is 13.0. The van der Waals surface area contributed by atoms with Crippen molar-refractivity contribution >= 4 is 11.7 Å². The minimum absolute atomic E-state index is 0.151. The molecule has 0 spiro atoms. The van der Waals surface area contributed by atoms with Crippen molar-refractivity contribution in [3.8, 4) is 5.69 Å². The van der Waals surface area contributed by atoms with E-state index in [0.717, 1.165) is 30.6 Å². The molecule has 4 rings (SSSR count). The molecule has 6 heteroatoms. The lowest BCUT2D eigenvalue weighted by Gasteiger charge is -2.25. The number of aromatic nitrogens is 2. The summed E-state index contributed by atoms with van der Waals surface area (Å²) in [4.78, 5) is 27.9. The summed E-state index contributed by atoms with van der Waals surface area (Å²) in [6.45, 7) is 2.56. The number of hydrogen-bond donors (Lipinski definition) is 1. The zero-order valence-electron chi connectivity index (χ0n) is 16.8. The van der Waals surface area contributed by atoms with Crippen LogP contribution in [0, 0.1) is 6.92 Å². The molecule has 1 saturated heterocycles. The van der Waals surface area contributed by atoms with Crippen molar-refractivity contribution in [2.45, 2.75) is 32.2 Å². The van der Waals surface area contributed by atoms with Gasteiger partial charge in [-0.2, -0.15) is 0 Å². The SMILES string of the molecule is Cc1c(NC(=O)N2CCCC2Cc2ccccc2)c(=O)n(-c2ccccc2)n1C. The van der Waals surface area contributed by atoms with Crippen LogP contribution in [-0.2, 0) is 13.5 Å². The van der Waals surface area contributed by atoms with Crippen LogP contribution in [0.4, 0.5) is 10.5 Å². The zero-order chi connectivity index (χ0) is 20.4. The molecule has 1 fully saturated rings. The summed E-state index contributed by atoms with van der Waals surface area (Å²) in [7, 11) is 1.83. The second-order valence-corrected chi connectivity index (χ2v) is 7.55. The summed E-state index contributed by atoms with van der Waals surface area (Å²) in [5, 5.41) is 2.90. The Balaban J connectivity index is 1.56. The second-order valence-electron chi connectivity index (χ2n) is 7.55. The van der Waals surface area contributed by atoms with E-state index >= 15 is 0 Å². The first-order valence-corrected chi connectivity index (χ1v) is 10.0. The second kappa shape index (κ2) is 7.99. The van der Waals surface area contributed by atoms with Crippen molar-refractivity contribution in [2.75, 3.05) is 11.9 Å². The smallest absolute Gasteiger partial charge is 0.321 e. The lowest BCUT2D eigenvalue weighted by Crippen LogP contribution is -2.40. The van der Waals surface area contributed by atoms with E-state index in [1.807, 2.05) is 67.4 Å². The van der Waals surface area contributed by atoms with Crippen LogP contribution in [0.25, 0.3) is 5.69 Å². The summed E-state index contributed by atoms with van der Waals surface area (Å²) < 4.78 is 3.36. The average molecular weight is 390 g/mol.